The van der Waals surface area contributed by atoms with Gasteiger partial charge in [-0.2, -0.15) is 0 Å². The molecule has 1 aliphatic rings. The molecule has 1 rings (SSSR count). The number of ether oxygens (including phenoxy) is 1. The van der Waals surface area contributed by atoms with E-state index >= 15 is 0 Å². The van der Waals surface area contributed by atoms with Gasteiger partial charge >= 0.3 is 0 Å². The van der Waals surface area contributed by atoms with E-state index in [-0.39, 0.29) is 31.1 Å². The quantitative estimate of drug-likeness (QED) is 0.669. The standard InChI is InChI=1S/C13H25N3O3/c1-3-16(4-2)13(18)9-15-12(17)10-19-11-5-7-14-8-6-11/h11,14H,3-10H2,1-2H3,(H,15,17). The van der Waals surface area contributed by atoms with Gasteiger partial charge in [-0.05, 0) is 39.8 Å². The summed E-state index contributed by atoms with van der Waals surface area (Å²) in [5.41, 5.74) is 0. The SMILES string of the molecule is CCN(CC)C(=O)CNC(=O)COC1CCNCC1. The third kappa shape index (κ3) is 6.02. The minimum absolute atomic E-state index is 0.0379. The number of rotatable bonds is 7. The molecule has 19 heavy (non-hydrogen) atoms. The highest BCUT2D eigenvalue weighted by molar-refractivity contribution is 5.85. The minimum Gasteiger partial charge on any atom is -0.368 e. The van der Waals surface area contributed by atoms with Crippen LogP contribution in [0.2, 0.25) is 0 Å². The normalized spacial score (nSPS) is 16.1. The summed E-state index contributed by atoms with van der Waals surface area (Å²) >= 11 is 0. The number of amides is 2. The molecule has 0 unspecified atom stereocenters. The number of carbonyl (C=O) groups excluding carboxylic acids is 2. The van der Waals surface area contributed by atoms with E-state index in [0.717, 1.165) is 25.9 Å². The molecule has 0 bridgehead atoms. The number of nitrogens with one attached hydrogen (secondary N) is 2. The van der Waals surface area contributed by atoms with Gasteiger partial charge in [0.1, 0.15) is 6.61 Å². The number of carbonyl (C=O) groups is 2. The maximum absolute atomic E-state index is 11.7. The number of hydrogen-bond acceptors (Lipinski definition) is 4. The lowest BCUT2D eigenvalue weighted by Gasteiger charge is -2.23. The molecule has 6 nitrogen and oxygen atoms in total. The highest BCUT2D eigenvalue weighted by Gasteiger charge is 2.15. The zero-order valence-electron chi connectivity index (χ0n) is 11.9. The fraction of sp³-hybridized carbons (Fsp3) is 0.846. The third-order valence-electron chi connectivity index (χ3n) is 3.29. The van der Waals surface area contributed by atoms with Gasteiger partial charge in [0.15, 0.2) is 0 Å². The van der Waals surface area contributed by atoms with E-state index in [0.29, 0.717) is 13.1 Å². The molecule has 1 heterocycles. The van der Waals surface area contributed by atoms with Crippen LogP contribution in [0, 0.1) is 0 Å². The largest absolute Gasteiger partial charge is 0.368 e. The first-order valence-electron chi connectivity index (χ1n) is 7.04. The predicted molar refractivity (Wildman–Crippen MR) is 72.8 cm³/mol. The Hall–Kier alpha value is -1.14. The van der Waals surface area contributed by atoms with Gasteiger partial charge in [0.05, 0.1) is 12.6 Å². The topological polar surface area (TPSA) is 70.7 Å². The van der Waals surface area contributed by atoms with Crippen LogP contribution in [0.25, 0.3) is 0 Å². The summed E-state index contributed by atoms with van der Waals surface area (Å²) in [5.74, 6) is -0.278. The molecular weight excluding hydrogens is 246 g/mol. The Morgan fingerprint density at radius 2 is 1.89 bits per heavy atom. The summed E-state index contributed by atoms with van der Waals surface area (Å²) in [6, 6.07) is 0. The van der Waals surface area contributed by atoms with Gasteiger partial charge in [0, 0.05) is 13.1 Å². The summed E-state index contributed by atoms with van der Waals surface area (Å²) < 4.78 is 5.51. The fourth-order valence-corrected chi connectivity index (χ4v) is 2.07. The monoisotopic (exact) mass is 271 g/mol. The van der Waals surface area contributed by atoms with Crippen molar-refractivity contribution in [3.63, 3.8) is 0 Å². The lowest BCUT2D eigenvalue weighted by molar-refractivity contribution is -0.134. The first-order valence-corrected chi connectivity index (χ1v) is 7.04. The van der Waals surface area contributed by atoms with Crippen LogP contribution in [0.3, 0.4) is 0 Å². The Labute approximate surface area is 114 Å². The van der Waals surface area contributed by atoms with Crippen molar-refractivity contribution in [3.05, 3.63) is 0 Å². The maximum Gasteiger partial charge on any atom is 0.246 e. The zero-order valence-corrected chi connectivity index (χ0v) is 11.9. The van der Waals surface area contributed by atoms with Gasteiger partial charge in [0.25, 0.3) is 0 Å². The van der Waals surface area contributed by atoms with Crippen molar-refractivity contribution in [1.82, 2.24) is 15.5 Å². The van der Waals surface area contributed by atoms with Gasteiger partial charge in [-0.15, -0.1) is 0 Å². The van der Waals surface area contributed by atoms with Crippen molar-refractivity contribution in [2.75, 3.05) is 39.3 Å². The molecule has 0 atom stereocenters. The van der Waals surface area contributed by atoms with Crippen LogP contribution in [-0.2, 0) is 14.3 Å². The minimum atomic E-state index is -0.223. The predicted octanol–water partition coefficient (Wildman–Crippen LogP) is -0.260. The molecule has 0 radical (unpaired) electrons. The van der Waals surface area contributed by atoms with Crippen LogP contribution in [0.1, 0.15) is 26.7 Å². The Kier molecular flexibility index (Phi) is 7.43. The molecule has 0 aromatic carbocycles. The van der Waals surface area contributed by atoms with Crippen LogP contribution >= 0.6 is 0 Å². The lowest BCUT2D eigenvalue weighted by atomic mass is 10.1. The van der Waals surface area contributed by atoms with Gasteiger partial charge in [-0.1, -0.05) is 0 Å². The second-order valence-electron chi connectivity index (χ2n) is 4.60. The zero-order chi connectivity index (χ0) is 14.1. The summed E-state index contributed by atoms with van der Waals surface area (Å²) in [6.07, 6.45) is 2.03. The Morgan fingerprint density at radius 3 is 2.47 bits per heavy atom. The Bertz CT molecular complexity index is 287. The molecule has 2 amide bonds. The van der Waals surface area contributed by atoms with E-state index in [2.05, 4.69) is 10.6 Å². The molecular formula is C13H25N3O3. The molecule has 2 N–H and O–H groups in total. The fourth-order valence-electron chi connectivity index (χ4n) is 2.07. The van der Waals surface area contributed by atoms with Crippen molar-refractivity contribution in [2.24, 2.45) is 0 Å². The second-order valence-corrected chi connectivity index (χ2v) is 4.60. The van der Waals surface area contributed by atoms with Crippen molar-refractivity contribution in [1.29, 1.82) is 0 Å². The van der Waals surface area contributed by atoms with Crippen molar-refractivity contribution < 1.29 is 14.3 Å². The highest BCUT2D eigenvalue weighted by Crippen LogP contribution is 2.06. The first kappa shape index (κ1) is 15.9. The molecule has 6 heteroatoms. The Balaban J connectivity index is 2.14. The number of hydrogen-bond donors (Lipinski definition) is 2. The van der Waals surface area contributed by atoms with Crippen LogP contribution < -0.4 is 10.6 Å². The van der Waals surface area contributed by atoms with Gasteiger partial charge in [-0.3, -0.25) is 9.59 Å². The second kappa shape index (κ2) is 8.87. The van der Waals surface area contributed by atoms with Crippen LogP contribution in [0.5, 0.6) is 0 Å². The number of nitrogens with zero attached hydrogens (tertiary/aromatic N) is 1. The summed E-state index contributed by atoms with van der Waals surface area (Å²) in [4.78, 5) is 24.9. The number of likely N-dealkylation sites (N-methyl/N-ethyl adjacent to an activating group) is 1. The van der Waals surface area contributed by atoms with Crippen molar-refractivity contribution in [2.45, 2.75) is 32.8 Å². The molecule has 1 fully saturated rings. The van der Waals surface area contributed by atoms with E-state index in [1.54, 1.807) is 4.90 Å². The van der Waals surface area contributed by atoms with Crippen LogP contribution in [0.4, 0.5) is 0 Å². The average Bonchev–Trinajstić information content (AvgIpc) is 2.45. The molecule has 0 aliphatic carbocycles. The van der Waals surface area contributed by atoms with Gasteiger partial charge in [-0.25, -0.2) is 0 Å². The summed E-state index contributed by atoms with van der Waals surface area (Å²) in [5, 5.41) is 5.84. The highest BCUT2D eigenvalue weighted by atomic mass is 16.5. The van der Waals surface area contributed by atoms with Crippen LogP contribution in [0.15, 0.2) is 0 Å². The van der Waals surface area contributed by atoms with E-state index < -0.39 is 0 Å². The van der Waals surface area contributed by atoms with E-state index in [9.17, 15) is 9.59 Å². The summed E-state index contributed by atoms with van der Waals surface area (Å²) in [7, 11) is 0. The van der Waals surface area contributed by atoms with Gasteiger partial charge in [0.2, 0.25) is 11.8 Å². The summed E-state index contributed by atoms with van der Waals surface area (Å²) in [6.45, 7) is 7.13. The maximum atomic E-state index is 11.7. The van der Waals surface area contributed by atoms with Gasteiger partial charge < -0.3 is 20.3 Å². The molecule has 0 aromatic rings. The average molecular weight is 271 g/mol. The number of piperidine rings is 1. The molecule has 0 aromatic heterocycles. The lowest BCUT2D eigenvalue weighted by Crippen LogP contribution is -2.42. The molecule has 1 aliphatic heterocycles. The van der Waals surface area contributed by atoms with Crippen molar-refractivity contribution in [3.8, 4) is 0 Å². The smallest absolute Gasteiger partial charge is 0.246 e. The van der Waals surface area contributed by atoms with E-state index in [4.69, 9.17) is 4.74 Å². The van der Waals surface area contributed by atoms with E-state index in [1.165, 1.54) is 0 Å². The van der Waals surface area contributed by atoms with Crippen LogP contribution in [-0.4, -0.2) is 62.1 Å². The molecule has 0 spiro atoms. The third-order valence-corrected chi connectivity index (χ3v) is 3.29. The molecule has 110 valence electrons. The first-order chi connectivity index (χ1) is 9.17. The molecule has 1 saturated heterocycles. The van der Waals surface area contributed by atoms with Crippen molar-refractivity contribution >= 4 is 11.8 Å². The van der Waals surface area contributed by atoms with E-state index in [1.807, 2.05) is 13.8 Å². The Morgan fingerprint density at radius 1 is 1.26 bits per heavy atom. The molecule has 0 saturated carbocycles.